The molecule has 6 nitrogen and oxygen atoms in total. The van der Waals surface area contributed by atoms with Gasteiger partial charge in [0.15, 0.2) is 11.5 Å². The van der Waals surface area contributed by atoms with Gasteiger partial charge >= 0.3 is 0 Å². The molecule has 0 atom stereocenters. The Bertz CT molecular complexity index is 936. The lowest BCUT2D eigenvalue weighted by Gasteiger charge is -2.15. The molecule has 1 heterocycles. The Morgan fingerprint density at radius 1 is 0.857 bits per heavy atom. The highest BCUT2D eigenvalue weighted by atomic mass is 35.5. The Labute approximate surface area is 168 Å². The molecule has 0 N–H and O–H groups in total. The second kappa shape index (κ2) is 8.35. The van der Waals surface area contributed by atoms with Crippen LogP contribution in [-0.2, 0) is 16.0 Å². The van der Waals surface area contributed by atoms with Crippen LogP contribution in [0.3, 0.4) is 0 Å². The van der Waals surface area contributed by atoms with E-state index < -0.39 is 11.8 Å². The Kier molecular flexibility index (Phi) is 5.90. The lowest BCUT2D eigenvalue weighted by atomic mass is 10.1. The fourth-order valence-electron chi connectivity index (χ4n) is 3.02. The molecule has 0 radical (unpaired) electrons. The maximum absolute atomic E-state index is 12.9. The van der Waals surface area contributed by atoms with Gasteiger partial charge in [0.1, 0.15) is 10.8 Å². The predicted octanol–water partition coefficient (Wildman–Crippen LogP) is 3.27. The van der Waals surface area contributed by atoms with Crippen molar-refractivity contribution in [2.45, 2.75) is 6.42 Å². The highest BCUT2D eigenvalue weighted by Crippen LogP contribution is 2.36. The molecule has 146 valence electrons. The molecule has 0 fully saturated rings. The van der Waals surface area contributed by atoms with Crippen molar-refractivity contribution in [2.24, 2.45) is 0 Å². The van der Waals surface area contributed by atoms with Gasteiger partial charge in [-0.2, -0.15) is 0 Å². The van der Waals surface area contributed by atoms with Crippen LogP contribution in [0.2, 0.25) is 0 Å². The number of imide groups is 1. The van der Waals surface area contributed by atoms with Crippen molar-refractivity contribution in [3.63, 3.8) is 0 Å². The Morgan fingerprint density at radius 2 is 1.54 bits per heavy atom. The van der Waals surface area contributed by atoms with Gasteiger partial charge < -0.3 is 14.2 Å². The van der Waals surface area contributed by atoms with Crippen LogP contribution in [0.25, 0.3) is 5.57 Å². The van der Waals surface area contributed by atoms with E-state index in [1.165, 1.54) is 19.1 Å². The SMILES string of the molecule is COc1ccc(CCN2C(=O)C(Cl)=C(c3ccc(OC)c(OC)c3)C2=O)cc1. The van der Waals surface area contributed by atoms with E-state index in [1.807, 2.05) is 24.3 Å². The third-order valence-electron chi connectivity index (χ3n) is 4.57. The van der Waals surface area contributed by atoms with Gasteiger partial charge in [-0.3, -0.25) is 14.5 Å². The molecule has 0 bridgehead atoms. The Morgan fingerprint density at radius 3 is 2.14 bits per heavy atom. The lowest BCUT2D eigenvalue weighted by molar-refractivity contribution is -0.136. The quantitative estimate of drug-likeness (QED) is 0.666. The minimum absolute atomic E-state index is 0.0908. The first kappa shape index (κ1) is 19.8. The summed E-state index contributed by atoms with van der Waals surface area (Å²) in [6.45, 7) is 0.233. The molecule has 28 heavy (non-hydrogen) atoms. The van der Waals surface area contributed by atoms with Gasteiger partial charge in [0.25, 0.3) is 11.8 Å². The third-order valence-corrected chi connectivity index (χ3v) is 4.92. The van der Waals surface area contributed by atoms with Crippen LogP contribution in [0.5, 0.6) is 17.2 Å². The summed E-state index contributed by atoms with van der Waals surface area (Å²) in [6.07, 6.45) is 0.519. The number of benzene rings is 2. The Balaban J connectivity index is 1.79. The minimum Gasteiger partial charge on any atom is -0.497 e. The molecular weight excluding hydrogens is 382 g/mol. The molecule has 0 saturated heterocycles. The fourth-order valence-corrected chi connectivity index (χ4v) is 3.32. The number of carbonyl (C=O) groups is 2. The molecule has 2 amide bonds. The molecule has 0 aromatic heterocycles. The maximum atomic E-state index is 12.9. The highest BCUT2D eigenvalue weighted by Gasteiger charge is 2.38. The van der Waals surface area contributed by atoms with Crippen LogP contribution in [-0.4, -0.2) is 44.6 Å². The largest absolute Gasteiger partial charge is 0.497 e. The van der Waals surface area contributed by atoms with E-state index in [0.29, 0.717) is 23.5 Å². The number of ether oxygens (including phenoxy) is 3. The van der Waals surface area contributed by atoms with Crippen LogP contribution in [0.1, 0.15) is 11.1 Å². The average Bonchev–Trinajstić information content (AvgIpc) is 2.94. The fraction of sp³-hybridized carbons (Fsp3) is 0.238. The topological polar surface area (TPSA) is 65.1 Å². The van der Waals surface area contributed by atoms with Crippen molar-refractivity contribution >= 4 is 29.0 Å². The van der Waals surface area contributed by atoms with Crippen molar-refractivity contribution in [2.75, 3.05) is 27.9 Å². The number of methoxy groups -OCH3 is 3. The second-order valence-electron chi connectivity index (χ2n) is 6.12. The van der Waals surface area contributed by atoms with Gasteiger partial charge in [0.2, 0.25) is 0 Å². The molecular formula is C21H20ClNO5. The number of amides is 2. The molecule has 1 aliphatic rings. The van der Waals surface area contributed by atoms with E-state index in [2.05, 4.69) is 0 Å². The van der Waals surface area contributed by atoms with Crippen LogP contribution in [0.15, 0.2) is 47.5 Å². The van der Waals surface area contributed by atoms with E-state index in [9.17, 15) is 9.59 Å². The molecule has 0 spiro atoms. The van der Waals surface area contributed by atoms with E-state index in [1.54, 1.807) is 25.3 Å². The number of hydrogen-bond donors (Lipinski definition) is 0. The summed E-state index contributed by atoms with van der Waals surface area (Å²) in [6, 6.07) is 12.4. The molecule has 2 aromatic rings. The summed E-state index contributed by atoms with van der Waals surface area (Å²) in [5.74, 6) is 0.809. The van der Waals surface area contributed by atoms with Crippen molar-refractivity contribution in [3.8, 4) is 17.2 Å². The normalized spacial score (nSPS) is 13.9. The molecule has 2 aromatic carbocycles. The van der Waals surface area contributed by atoms with E-state index in [-0.39, 0.29) is 17.2 Å². The summed E-state index contributed by atoms with van der Waals surface area (Å²) in [4.78, 5) is 26.6. The first-order valence-electron chi connectivity index (χ1n) is 8.61. The molecule has 0 unspecified atom stereocenters. The zero-order valence-corrected chi connectivity index (χ0v) is 16.6. The van der Waals surface area contributed by atoms with Gasteiger partial charge in [-0.1, -0.05) is 29.8 Å². The van der Waals surface area contributed by atoms with Crippen molar-refractivity contribution < 1.29 is 23.8 Å². The lowest BCUT2D eigenvalue weighted by Crippen LogP contribution is -2.33. The maximum Gasteiger partial charge on any atom is 0.273 e. The molecule has 0 aliphatic carbocycles. The van der Waals surface area contributed by atoms with Crippen molar-refractivity contribution in [1.82, 2.24) is 4.90 Å². The standard InChI is InChI=1S/C21H20ClNO5/c1-26-15-7-4-13(5-8-15)10-11-23-20(24)18(19(22)21(23)25)14-6-9-16(27-2)17(12-14)28-3/h4-9,12H,10-11H2,1-3H3. The molecule has 0 saturated carbocycles. The summed E-state index contributed by atoms with van der Waals surface area (Å²) >= 11 is 6.22. The second-order valence-corrected chi connectivity index (χ2v) is 6.50. The zero-order valence-electron chi connectivity index (χ0n) is 15.8. The highest BCUT2D eigenvalue weighted by molar-refractivity contribution is 6.55. The van der Waals surface area contributed by atoms with Crippen LogP contribution >= 0.6 is 11.6 Å². The number of rotatable bonds is 7. The third kappa shape index (κ3) is 3.68. The van der Waals surface area contributed by atoms with Crippen LogP contribution < -0.4 is 14.2 Å². The van der Waals surface area contributed by atoms with Gasteiger partial charge in [-0.05, 0) is 41.8 Å². The monoisotopic (exact) mass is 401 g/mol. The number of nitrogens with zero attached hydrogens (tertiary/aromatic N) is 1. The summed E-state index contributed by atoms with van der Waals surface area (Å²) < 4.78 is 15.6. The zero-order chi connectivity index (χ0) is 20.3. The smallest absolute Gasteiger partial charge is 0.273 e. The summed E-state index contributed by atoms with van der Waals surface area (Å²) in [7, 11) is 4.62. The van der Waals surface area contributed by atoms with E-state index >= 15 is 0 Å². The summed E-state index contributed by atoms with van der Waals surface area (Å²) in [5.41, 5.74) is 1.66. The minimum atomic E-state index is -0.495. The predicted molar refractivity (Wildman–Crippen MR) is 106 cm³/mol. The number of hydrogen-bond acceptors (Lipinski definition) is 5. The van der Waals surface area contributed by atoms with Crippen molar-refractivity contribution in [3.05, 3.63) is 58.6 Å². The number of carbonyl (C=O) groups excluding carboxylic acids is 2. The van der Waals surface area contributed by atoms with Gasteiger partial charge in [0, 0.05) is 6.54 Å². The average molecular weight is 402 g/mol. The first-order chi connectivity index (χ1) is 13.5. The first-order valence-corrected chi connectivity index (χ1v) is 8.99. The Hall–Kier alpha value is -2.99. The molecule has 7 heteroatoms. The van der Waals surface area contributed by atoms with Gasteiger partial charge in [-0.15, -0.1) is 0 Å². The van der Waals surface area contributed by atoms with Gasteiger partial charge in [0.05, 0.1) is 26.9 Å². The number of halogens is 1. The summed E-state index contributed by atoms with van der Waals surface area (Å²) in [5, 5.41) is -0.0908. The van der Waals surface area contributed by atoms with Crippen LogP contribution in [0.4, 0.5) is 0 Å². The van der Waals surface area contributed by atoms with E-state index in [0.717, 1.165) is 11.3 Å². The van der Waals surface area contributed by atoms with Crippen LogP contribution in [0, 0.1) is 0 Å². The van der Waals surface area contributed by atoms with E-state index in [4.69, 9.17) is 25.8 Å². The molecule has 3 rings (SSSR count). The van der Waals surface area contributed by atoms with Crippen molar-refractivity contribution in [1.29, 1.82) is 0 Å². The molecule has 1 aliphatic heterocycles. The van der Waals surface area contributed by atoms with Gasteiger partial charge in [-0.25, -0.2) is 0 Å².